The number of amides is 3. The number of urea groups is 1. The number of thiophene rings is 1. The zero-order chi connectivity index (χ0) is 36.7. The summed E-state index contributed by atoms with van der Waals surface area (Å²) in [6.07, 6.45) is -2.30. The second-order valence-electron chi connectivity index (χ2n) is 13.3. The molecule has 1 fully saturated rings. The summed E-state index contributed by atoms with van der Waals surface area (Å²) < 4.78 is 1.15. The molecule has 0 spiro atoms. The van der Waals surface area contributed by atoms with E-state index >= 15 is 0 Å². The number of rotatable bonds is 5. The molecule has 3 aromatic carbocycles. The van der Waals surface area contributed by atoms with Crippen LogP contribution in [0.25, 0.3) is 26.3 Å². The fourth-order valence-corrected chi connectivity index (χ4v) is 8.64. The molecular formula is C37H34N4O9S. The Morgan fingerprint density at radius 3 is 2.35 bits per heavy atom. The molecule has 262 valence electrons. The van der Waals surface area contributed by atoms with Crippen LogP contribution in [0, 0.1) is 11.8 Å². The van der Waals surface area contributed by atoms with E-state index in [1.54, 1.807) is 30.4 Å². The van der Waals surface area contributed by atoms with Gasteiger partial charge >= 0.3 is 6.03 Å². The van der Waals surface area contributed by atoms with E-state index in [9.17, 15) is 44.7 Å². The average molecular weight is 711 g/mol. The molecule has 3 amide bonds. The fourth-order valence-electron chi connectivity index (χ4n) is 7.54. The van der Waals surface area contributed by atoms with Gasteiger partial charge in [-0.2, -0.15) is 0 Å². The van der Waals surface area contributed by atoms with Crippen LogP contribution < -0.4 is 21.3 Å². The molecule has 9 N–H and O–H groups in total. The lowest BCUT2D eigenvalue weighted by molar-refractivity contribution is -0.160. The number of carbonyl (C=O) groups excluding carboxylic acids is 4. The van der Waals surface area contributed by atoms with Crippen molar-refractivity contribution in [3.8, 4) is 16.2 Å². The third-order valence-electron chi connectivity index (χ3n) is 10.2. The number of hydrogen-bond donors (Lipinski definition) is 8. The number of aliphatic hydroxyl groups is 4. The maximum Gasteiger partial charge on any atom is 0.323 e. The molecule has 1 aromatic heterocycles. The Hall–Kier alpha value is -5.70. The van der Waals surface area contributed by atoms with Gasteiger partial charge in [0.05, 0.1) is 17.4 Å². The zero-order valence-electron chi connectivity index (χ0n) is 27.6. The van der Waals surface area contributed by atoms with Crippen LogP contribution >= 0.6 is 11.3 Å². The SMILES string of the molecule is C[C@H]1c2ccc(NC(=O)Nc3ccc(-c4cc5ccc(N(C)C)cc5s4)cc3)c(O)c2C(O)=C2C(=O)[C@]3(O)C(O)=C(C(N)=O)C(=O)C[C@@H]3[C@@H](O)[C@@H]21. The Morgan fingerprint density at radius 1 is 0.980 bits per heavy atom. The number of Topliss-reactive ketones (excluding diaryl/α,β-unsaturated/α-hetero) is 2. The molecule has 0 radical (unpaired) electrons. The maximum absolute atomic E-state index is 13.9. The lowest BCUT2D eigenvalue weighted by atomic mass is 9.55. The molecule has 0 unspecified atom stereocenters. The van der Waals surface area contributed by atoms with Crippen molar-refractivity contribution in [3.05, 3.63) is 88.7 Å². The van der Waals surface area contributed by atoms with Gasteiger partial charge in [-0.15, -0.1) is 11.3 Å². The number of aliphatic hydroxyl groups excluding tert-OH is 3. The standard InChI is InChI=1S/C37H34N4O9S/c1-15-20-10-11-22(40-36(49)39-18-7-4-16(5-8-18)24-12-17-6-9-19(41(2)3)13-25(17)51-24)31(44)27(20)32(45)29-26(15)30(43)21-14-23(42)28(35(38)48)33(46)37(21,50)34(29)47/h4-13,15,21,26,30,43-46,50H,14H2,1-3H3,(H2,38,48)(H2,39,40,49)/t15-,21+,26+,30+,37+/m0/s1. The van der Waals surface area contributed by atoms with Crippen molar-refractivity contribution in [2.24, 2.45) is 17.6 Å². The Morgan fingerprint density at radius 2 is 1.69 bits per heavy atom. The fraction of sp³-hybridized carbons (Fsp3) is 0.243. The molecule has 5 atom stereocenters. The number of ketones is 2. The number of carbonyl (C=O) groups is 4. The minimum Gasteiger partial charge on any atom is -0.508 e. The lowest BCUT2D eigenvalue weighted by Gasteiger charge is -2.50. The topological polar surface area (TPSA) is 223 Å². The maximum atomic E-state index is 13.9. The number of nitrogens with two attached hydrogens (primary N) is 1. The second-order valence-corrected chi connectivity index (χ2v) is 14.4. The highest BCUT2D eigenvalue weighted by Crippen LogP contribution is 2.56. The van der Waals surface area contributed by atoms with Gasteiger partial charge in [-0.1, -0.05) is 31.2 Å². The first-order chi connectivity index (χ1) is 24.1. The summed E-state index contributed by atoms with van der Waals surface area (Å²) in [5.74, 6) is -9.71. The van der Waals surface area contributed by atoms with Crippen LogP contribution in [-0.2, 0) is 14.4 Å². The van der Waals surface area contributed by atoms with Crippen molar-refractivity contribution in [1.29, 1.82) is 0 Å². The number of phenolic OH excluding ortho intramolecular Hbond substituents is 1. The molecule has 3 aliphatic carbocycles. The van der Waals surface area contributed by atoms with Crippen molar-refractivity contribution in [1.82, 2.24) is 0 Å². The molecule has 0 aliphatic heterocycles. The number of nitrogens with one attached hydrogen (secondary N) is 2. The van der Waals surface area contributed by atoms with Gasteiger partial charge in [0.2, 0.25) is 5.78 Å². The lowest BCUT2D eigenvalue weighted by Crippen LogP contribution is -2.63. The summed E-state index contributed by atoms with van der Waals surface area (Å²) in [5, 5.41) is 62.8. The summed E-state index contributed by atoms with van der Waals surface area (Å²) in [4.78, 5) is 54.6. The van der Waals surface area contributed by atoms with Crippen molar-refractivity contribution in [3.63, 3.8) is 0 Å². The van der Waals surface area contributed by atoms with Gasteiger partial charge in [0.25, 0.3) is 5.91 Å². The number of benzene rings is 3. The summed E-state index contributed by atoms with van der Waals surface area (Å²) in [6.45, 7) is 1.62. The number of fused-ring (bicyclic) bond motifs is 4. The second kappa shape index (κ2) is 12.0. The van der Waals surface area contributed by atoms with Gasteiger partial charge < -0.3 is 46.8 Å². The first-order valence-corrected chi connectivity index (χ1v) is 16.9. The molecule has 1 heterocycles. The summed E-state index contributed by atoms with van der Waals surface area (Å²) >= 11 is 1.66. The quantitative estimate of drug-likeness (QED) is 0.107. The van der Waals surface area contributed by atoms with Gasteiger partial charge in [-0.05, 0) is 58.8 Å². The zero-order valence-corrected chi connectivity index (χ0v) is 28.4. The van der Waals surface area contributed by atoms with E-state index in [4.69, 9.17) is 5.73 Å². The van der Waals surface area contributed by atoms with Gasteiger partial charge in [-0.25, -0.2) is 4.79 Å². The highest BCUT2D eigenvalue weighted by Gasteiger charge is 2.64. The molecule has 1 saturated carbocycles. The normalized spacial score (nSPS) is 24.2. The van der Waals surface area contributed by atoms with E-state index in [1.807, 2.05) is 31.1 Å². The third kappa shape index (κ3) is 5.13. The van der Waals surface area contributed by atoms with E-state index in [0.29, 0.717) is 11.3 Å². The van der Waals surface area contributed by atoms with Crippen LogP contribution in [0.2, 0.25) is 0 Å². The minimum atomic E-state index is -2.94. The number of primary amides is 1. The first kappa shape index (κ1) is 33.8. The van der Waals surface area contributed by atoms with Gasteiger partial charge in [0, 0.05) is 58.9 Å². The first-order valence-electron chi connectivity index (χ1n) is 16.0. The van der Waals surface area contributed by atoms with Crippen LogP contribution in [0.15, 0.2) is 77.6 Å². The summed E-state index contributed by atoms with van der Waals surface area (Å²) in [5.41, 5.74) is 3.31. The number of anilines is 3. The third-order valence-corrected chi connectivity index (χ3v) is 11.3. The molecule has 3 aliphatic rings. The molecular weight excluding hydrogens is 676 g/mol. The number of phenols is 1. The van der Waals surface area contributed by atoms with Crippen LogP contribution in [-0.4, -0.2) is 74.8 Å². The van der Waals surface area contributed by atoms with E-state index in [2.05, 4.69) is 34.9 Å². The number of nitrogens with zero attached hydrogens (tertiary/aromatic N) is 1. The summed E-state index contributed by atoms with van der Waals surface area (Å²) in [7, 11) is 3.98. The molecule has 4 aromatic rings. The van der Waals surface area contributed by atoms with Gasteiger partial charge in [0.1, 0.15) is 22.8 Å². The van der Waals surface area contributed by atoms with Crippen molar-refractivity contribution in [2.45, 2.75) is 31.0 Å². The van der Waals surface area contributed by atoms with Crippen molar-refractivity contribution in [2.75, 3.05) is 29.6 Å². The van der Waals surface area contributed by atoms with Gasteiger partial charge in [0.15, 0.2) is 11.4 Å². The average Bonchev–Trinajstić information content (AvgIpc) is 3.51. The molecule has 13 nitrogen and oxygen atoms in total. The Balaban J connectivity index is 1.15. The highest BCUT2D eigenvalue weighted by atomic mass is 32.1. The highest BCUT2D eigenvalue weighted by molar-refractivity contribution is 7.22. The van der Waals surface area contributed by atoms with Crippen LogP contribution in [0.4, 0.5) is 21.9 Å². The van der Waals surface area contributed by atoms with Crippen molar-refractivity contribution < 1.29 is 44.7 Å². The van der Waals surface area contributed by atoms with Crippen LogP contribution in [0.3, 0.4) is 0 Å². The number of aromatic hydroxyl groups is 1. The number of hydrogen-bond acceptors (Lipinski definition) is 11. The van der Waals surface area contributed by atoms with Crippen molar-refractivity contribution >= 4 is 67.7 Å². The van der Waals surface area contributed by atoms with E-state index in [0.717, 1.165) is 26.2 Å². The minimum absolute atomic E-state index is 0.120. The molecule has 14 heteroatoms. The predicted octanol–water partition coefficient (Wildman–Crippen LogP) is 4.55. The monoisotopic (exact) mass is 710 g/mol. The molecule has 51 heavy (non-hydrogen) atoms. The van der Waals surface area contributed by atoms with Gasteiger partial charge in [-0.3, -0.25) is 14.4 Å². The van der Waals surface area contributed by atoms with E-state index in [1.165, 1.54) is 12.1 Å². The Labute approximate surface area is 294 Å². The predicted molar refractivity (Wildman–Crippen MR) is 192 cm³/mol. The Kier molecular flexibility index (Phi) is 7.93. The van der Waals surface area contributed by atoms with E-state index < -0.39 is 87.8 Å². The van der Waals surface area contributed by atoms with Crippen LogP contribution in [0.5, 0.6) is 5.75 Å². The molecule has 0 saturated heterocycles. The molecule has 7 rings (SSSR count). The summed E-state index contributed by atoms with van der Waals surface area (Å²) in [6, 6.07) is 17.8. The van der Waals surface area contributed by atoms with E-state index in [-0.39, 0.29) is 11.3 Å². The molecule has 0 bridgehead atoms. The van der Waals surface area contributed by atoms with Crippen LogP contribution in [0.1, 0.15) is 30.4 Å². The smallest absolute Gasteiger partial charge is 0.323 e. The Bertz CT molecular complexity index is 2260. The largest absolute Gasteiger partial charge is 0.508 e.